The zero-order valence-electron chi connectivity index (χ0n) is 10.3. The second-order valence-electron chi connectivity index (χ2n) is 4.37. The zero-order chi connectivity index (χ0) is 12.7. The summed E-state index contributed by atoms with van der Waals surface area (Å²) in [6.45, 7) is 2.13. The number of nitrogen functional groups attached to an aromatic ring is 1. The fourth-order valence-corrected chi connectivity index (χ4v) is 1.98. The molecule has 0 spiro atoms. The minimum Gasteiger partial charge on any atom is -0.399 e. The number of anilines is 1. The number of unbranched alkanes of at least 4 members (excludes halogenated alkanes) is 2. The van der Waals surface area contributed by atoms with E-state index in [1.165, 1.54) is 0 Å². The van der Waals surface area contributed by atoms with Crippen molar-refractivity contribution in [3.05, 3.63) is 28.8 Å². The highest BCUT2D eigenvalue weighted by molar-refractivity contribution is 6.31. The van der Waals surface area contributed by atoms with Crippen molar-refractivity contribution in [2.75, 3.05) is 25.9 Å². The maximum Gasteiger partial charge on any atom is 0.0471 e. The molecule has 96 valence electrons. The van der Waals surface area contributed by atoms with E-state index in [0.29, 0.717) is 5.69 Å². The lowest BCUT2D eigenvalue weighted by atomic mass is 10.2. The monoisotopic (exact) mass is 256 g/mol. The van der Waals surface area contributed by atoms with Crippen LogP contribution in [0.4, 0.5) is 5.69 Å². The molecule has 0 saturated heterocycles. The van der Waals surface area contributed by atoms with Crippen LogP contribution in [0.3, 0.4) is 0 Å². The van der Waals surface area contributed by atoms with Crippen LogP contribution >= 0.6 is 11.6 Å². The Bertz CT molecular complexity index is 344. The Labute approximate surface area is 108 Å². The standard InChI is InChI=1S/C13H21ClN2O/c1-16(7-3-2-4-8-17)10-11-5-6-12(15)9-13(11)14/h5-6,9,17H,2-4,7-8,10,15H2,1H3. The smallest absolute Gasteiger partial charge is 0.0471 e. The molecule has 1 aromatic carbocycles. The zero-order valence-corrected chi connectivity index (χ0v) is 11.1. The van der Waals surface area contributed by atoms with E-state index in [9.17, 15) is 0 Å². The van der Waals surface area contributed by atoms with Crippen molar-refractivity contribution >= 4 is 17.3 Å². The molecule has 1 rings (SSSR count). The van der Waals surface area contributed by atoms with Crippen LogP contribution in [0.2, 0.25) is 5.02 Å². The second-order valence-corrected chi connectivity index (χ2v) is 4.78. The van der Waals surface area contributed by atoms with E-state index < -0.39 is 0 Å². The average Bonchev–Trinajstić information content (AvgIpc) is 2.28. The van der Waals surface area contributed by atoms with Gasteiger partial charge in [0.2, 0.25) is 0 Å². The first kappa shape index (κ1) is 14.3. The van der Waals surface area contributed by atoms with Gasteiger partial charge in [0.15, 0.2) is 0 Å². The van der Waals surface area contributed by atoms with Crippen LogP contribution < -0.4 is 5.73 Å². The molecule has 3 N–H and O–H groups in total. The van der Waals surface area contributed by atoms with Crippen LogP contribution in [0.15, 0.2) is 18.2 Å². The molecule has 0 saturated carbocycles. The summed E-state index contributed by atoms with van der Waals surface area (Å²) in [7, 11) is 2.08. The van der Waals surface area contributed by atoms with E-state index in [1.54, 1.807) is 6.07 Å². The Hall–Kier alpha value is -0.770. The molecular formula is C13H21ClN2O. The van der Waals surface area contributed by atoms with Gasteiger partial charge in [0, 0.05) is 23.9 Å². The molecule has 0 aliphatic heterocycles. The van der Waals surface area contributed by atoms with E-state index in [2.05, 4.69) is 11.9 Å². The van der Waals surface area contributed by atoms with Gasteiger partial charge in [-0.3, -0.25) is 0 Å². The SMILES string of the molecule is CN(CCCCCO)Cc1ccc(N)cc1Cl. The molecule has 1 aromatic rings. The highest BCUT2D eigenvalue weighted by atomic mass is 35.5. The molecule has 0 heterocycles. The quantitative estimate of drug-likeness (QED) is 0.582. The Kier molecular flexibility index (Phi) is 6.34. The van der Waals surface area contributed by atoms with Crippen molar-refractivity contribution in [1.29, 1.82) is 0 Å². The highest BCUT2D eigenvalue weighted by Gasteiger charge is 2.04. The summed E-state index contributed by atoms with van der Waals surface area (Å²) in [5.41, 5.74) is 7.45. The van der Waals surface area contributed by atoms with Crippen molar-refractivity contribution in [2.24, 2.45) is 0 Å². The summed E-state index contributed by atoms with van der Waals surface area (Å²) >= 11 is 6.12. The van der Waals surface area contributed by atoms with Crippen molar-refractivity contribution in [2.45, 2.75) is 25.8 Å². The summed E-state index contributed by atoms with van der Waals surface area (Å²) in [5, 5.41) is 9.42. The topological polar surface area (TPSA) is 49.5 Å². The maximum absolute atomic E-state index is 8.69. The molecule has 3 nitrogen and oxygen atoms in total. The maximum atomic E-state index is 8.69. The van der Waals surface area contributed by atoms with E-state index in [-0.39, 0.29) is 6.61 Å². The van der Waals surface area contributed by atoms with Crippen LogP contribution in [0, 0.1) is 0 Å². The molecule has 17 heavy (non-hydrogen) atoms. The summed E-state index contributed by atoms with van der Waals surface area (Å²) in [6.07, 6.45) is 3.05. The molecule has 0 bridgehead atoms. The second kappa shape index (κ2) is 7.54. The van der Waals surface area contributed by atoms with Crippen molar-refractivity contribution in [3.8, 4) is 0 Å². The van der Waals surface area contributed by atoms with Crippen molar-refractivity contribution in [1.82, 2.24) is 4.90 Å². The molecule has 0 unspecified atom stereocenters. The van der Waals surface area contributed by atoms with Crippen molar-refractivity contribution < 1.29 is 5.11 Å². The predicted octanol–water partition coefficient (Wildman–Crippen LogP) is 2.52. The molecule has 0 aromatic heterocycles. The summed E-state index contributed by atoms with van der Waals surface area (Å²) < 4.78 is 0. The van der Waals surface area contributed by atoms with Gasteiger partial charge >= 0.3 is 0 Å². The summed E-state index contributed by atoms with van der Waals surface area (Å²) in [6, 6.07) is 5.64. The van der Waals surface area contributed by atoms with Crippen LogP contribution in [0.5, 0.6) is 0 Å². The Morgan fingerprint density at radius 1 is 1.29 bits per heavy atom. The van der Waals surface area contributed by atoms with Crippen LogP contribution in [-0.2, 0) is 6.54 Å². The molecule has 0 radical (unpaired) electrons. The van der Waals surface area contributed by atoms with Crippen LogP contribution in [0.25, 0.3) is 0 Å². The summed E-state index contributed by atoms with van der Waals surface area (Å²) in [5.74, 6) is 0. The number of aliphatic hydroxyl groups is 1. The molecule has 0 atom stereocenters. The minimum atomic E-state index is 0.285. The fraction of sp³-hybridized carbons (Fsp3) is 0.538. The molecule has 4 heteroatoms. The van der Waals surface area contributed by atoms with E-state index in [0.717, 1.165) is 42.9 Å². The summed E-state index contributed by atoms with van der Waals surface area (Å²) in [4.78, 5) is 2.23. The third kappa shape index (κ3) is 5.39. The van der Waals surface area contributed by atoms with Gasteiger partial charge in [0.05, 0.1) is 0 Å². The van der Waals surface area contributed by atoms with Gasteiger partial charge in [-0.15, -0.1) is 0 Å². The van der Waals surface area contributed by atoms with Gasteiger partial charge < -0.3 is 15.7 Å². The van der Waals surface area contributed by atoms with Crippen molar-refractivity contribution in [3.63, 3.8) is 0 Å². The van der Waals surface area contributed by atoms with Gasteiger partial charge in [-0.25, -0.2) is 0 Å². The number of halogens is 1. The number of rotatable bonds is 7. The normalized spacial score (nSPS) is 11.1. The number of hydrogen-bond donors (Lipinski definition) is 2. The first-order valence-corrected chi connectivity index (χ1v) is 6.34. The molecule has 0 aliphatic carbocycles. The highest BCUT2D eigenvalue weighted by Crippen LogP contribution is 2.20. The number of hydrogen-bond acceptors (Lipinski definition) is 3. The first-order chi connectivity index (χ1) is 8.13. The molecule has 0 aliphatic rings. The van der Waals surface area contributed by atoms with E-state index in [4.69, 9.17) is 22.4 Å². The van der Waals surface area contributed by atoms with Crippen LogP contribution in [-0.4, -0.2) is 30.2 Å². The first-order valence-electron chi connectivity index (χ1n) is 5.97. The van der Waals surface area contributed by atoms with E-state index >= 15 is 0 Å². The van der Waals surface area contributed by atoms with Gasteiger partial charge in [0.25, 0.3) is 0 Å². The van der Waals surface area contributed by atoms with Gasteiger partial charge in [-0.05, 0) is 50.6 Å². The lowest BCUT2D eigenvalue weighted by Gasteiger charge is -2.17. The van der Waals surface area contributed by atoms with E-state index in [1.807, 2.05) is 12.1 Å². The van der Waals surface area contributed by atoms with Gasteiger partial charge in [-0.2, -0.15) is 0 Å². The predicted molar refractivity (Wildman–Crippen MR) is 73.1 cm³/mol. The lowest BCUT2D eigenvalue weighted by molar-refractivity contribution is 0.271. The van der Waals surface area contributed by atoms with Crippen LogP contribution in [0.1, 0.15) is 24.8 Å². The minimum absolute atomic E-state index is 0.285. The Balaban J connectivity index is 2.37. The third-order valence-corrected chi connectivity index (χ3v) is 3.07. The number of nitrogens with zero attached hydrogens (tertiary/aromatic N) is 1. The van der Waals surface area contributed by atoms with Gasteiger partial charge in [0.1, 0.15) is 0 Å². The van der Waals surface area contributed by atoms with Gasteiger partial charge in [-0.1, -0.05) is 17.7 Å². The largest absolute Gasteiger partial charge is 0.399 e. The molecule has 0 fully saturated rings. The lowest BCUT2D eigenvalue weighted by Crippen LogP contribution is -2.19. The number of aliphatic hydroxyl groups excluding tert-OH is 1. The number of nitrogens with two attached hydrogens (primary N) is 1. The molecular weight excluding hydrogens is 236 g/mol. The molecule has 0 amide bonds. The Morgan fingerprint density at radius 3 is 2.71 bits per heavy atom. The Morgan fingerprint density at radius 2 is 2.06 bits per heavy atom. The fourth-order valence-electron chi connectivity index (χ4n) is 1.73. The number of benzene rings is 1. The third-order valence-electron chi connectivity index (χ3n) is 2.72. The average molecular weight is 257 g/mol.